The summed E-state index contributed by atoms with van der Waals surface area (Å²) in [5, 5.41) is 58.6. The van der Waals surface area contributed by atoms with Gasteiger partial charge in [-0.1, -0.05) is 58.0 Å². The van der Waals surface area contributed by atoms with Crippen molar-refractivity contribution in [3.8, 4) is 5.75 Å². The normalized spacial score (nSPS) is 24.0. The molecular weight excluding hydrogens is 951 g/mol. The number of aliphatic hydroxyl groups is 1. The molecule has 4 rings (SSSR count). The van der Waals surface area contributed by atoms with E-state index in [-0.39, 0.29) is 30.0 Å². The number of fused-ring (bicyclic) bond motifs is 1. The molecule has 2 aliphatic heterocycles. The standard InChI is InChI=1S/C41H53N11O15S2/c42-32(55)14-25-39(63)50-27(36(43)60)19-68-69-20-28(44-10-4-7-21-5-2-1-3-6-21)40(64)48-26(15-35(58)59)38(62)45-16-33(56)47-24(11-22-8-9-31(54)29(12-22)52(66)67)37(61)46-17-34(57)51-18-23(53)13-30(51)41(65)49-25/h1-3,5-6,8-9,12,23-28,30,44,53-54H,4,7,10-11,13-20H2,(H2,42,55)(H2,43,60)(H,45,62)(H,46,61)(H,47,56)(H,48,64)(H,49,65)(H,50,63)(H,58,59)/t23-,24+,25+,26-,27-,28-,30+/m1/s1. The minimum absolute atomic E-state index is 0.0371. The monoisotopic (exact) mass is 1000 g/mol. The van der Waals surface area contributed by atoms with Gasteiger partial charge in [0.15, 0.2) is 5.75 Å². The van der Waals surface area contributed by atoms with Crippen LogP contribution in [0.25, 0.3) is 0 Å². The van der Waals surface area contributed by atoms with E-state index >= 15 is 0 Å². The van der Waals surface area contributed by atoms with Gasteiger partial charge in [-0.3, -0.25) is 58.1 Å². The lowest BCUT2D eigenvalue weighted by Gasteiger charge is -2.27. The average molecular weight is 1000 g/mol. The number of phenolic OH excluding ortho intramolecular Hbond substituents is 1. The quantitative estimate of drug-likeness (QED) is 0.0392. The molecule has 28 heteroatoms. The molecule has 374 valence electrons. The molecule has 9 amide bonds. The first-order chi connectivity index (χ1) is 32.7. The first-order valence-electron chi connectivity index (χ1n) is 21.2. The highest BCUT2D eigenvalue weighted by molar-refractivity contribution is 8.76. The molecule has 0 saturated carbocycles. The smallest absolute Gasteiger partial charge is 0.310 e. The van der Waals surface area contributed by atoms with Crippen LogP contribution in [-0.2, 0) is 60.8 Å². The Morgan fingerprint density at radius 2 is 1.45 bits per heavy atom. The van der Waals surface area contributed by atoms with Crippen LogP contribution in [0.15, 0.2) is 48.5 Å². The van der Waals surface area contributed by atoms with Crippen LogP contribution in [0.3, 0.4) is 0 Å². The summed E-state index contributed by atoms with van der Waals surface area (Å²) in [5.74, 6) is -11.7. The van der Waals surface area contributed by atoms with Gasteiger partial charge in [0.05, 0.1) is 43.0 Å². The molecule has 0 radical (unpaired) electrons. The molecule has 2 heterocycles. The number of nitrogens with two attached hydrogens (primary N) is 2. The van der Waals surface area contributed by atoms with Crippen molar-refractivity contribution in [2.45, 2.75) is 80.9 Å². The summed E-state index contributed by atoms with van der Waals surface area (Å²) in [4.78, 5) is 143. The molecule has 7 atom stereocenters. The number of hydrogen-bond donors (Lipinski definition) is 12. The van der Waals surface area contributed by atoms with Crippen molar-refractivity contribution in [2.75, 3.05) is 37.7 Å². The average Bonchev–Trinajstić information content (AvgIpc) is 3.69. The summed E-state index contributed by atoms with van der Waals surface area (Å²) in [5.41, 5.74) is 11.3. The Hall–Kier alpha value is -7.04. The maximum absolute atomic E-state index is 13.8. The molecule has 0 unspecified atom stereocenters. The number of aliphatic carboxylic acids is 1. The highest BCUT2D eigenvalue weighted by Crippen LogP contribution is 2.27. The number of aromatic hydroxyl groups is 1. The number of amides is 9. The van der Waals surface area contributed by atoms with Gasteiger partial charge in [-0.05, 0) is 36.6 Å². The number of aryl methyl sites for hydroxylation is 1. The van der Waals surface area contributed by atoms with Crippen molar-refractivity contribution in [3.63, 3.8) is 0 Å². The third-order valence-electron chi connectivity index (χ3n) is 10.5. The fraction of sp³-hybridized carbons (Fsp3) is 0.463. The number of rotatable bonds is 13. The first-order valence-corrected chi connectivity index (χ1v) is 23.7. The summed E-state index contributed by atoms with van der Waals surface area (Å²) in [6, 6.07) is 3.41. The first kappa shape index (κ1) is 54.6. The molecule has 0 aliphatic carbocycles. The van der Waals surface area contributed by atoms with Crippen LogP contribution in [0.5, 0.6) is 5.75 Å². The van der Waals surface area contributed by atoms with Crippen LogP contribution in [0.2, 0.25) is 0 Å². The lowest BCUT2D eigenvalue weighted by Crippen LogP contribution is -2.58. The van der Waals surface area contributed by atoms with Crippen LogP contribution in [0, 0.1) is 10.1 Å². The number of phenols is 1. The predicted octanol–water partition coefficient (Wildman–Crippen LogP) is -4.20. The van der Waals surface area contributed by atoms with Gasteiger partial charge in [0, 0.05) is 37.0 Å². The van der Waals surface area contributed by atoms with Gasteiger partial charge in [-0.25, -0.2) is 0 Å². The van der Waals surface area contributed by atoms with Gasteiger partial charge < -0.3 is 68.9 Å². The molecule has 2 fully saturated rings. The Bertz CT molecular complexity index is 2260. The molecule has 26 nitrogen and oxygen atoms in total. The number of nitro groups is 1. The Labute approximate surface area is 401 Å². The molecule has 2 aliphatic rings. The zero-order chi connectivity index (χ0) is 50.8. The Kier molecular flexibility index (Phi) is 20.9. The van der Waals surface area contributed by atoms with Gasteiger partial charge in [0.1, 0.15) is 30.2 Å². The second kappa shape index (κ2) is 26.5. The van der Waals surface area contributed by atoms with E-state index in [1.165, 1.54) is 6.07 Å². The number of nitrogens with zero attached hydrogens (tertiary/aromatic N) is 2. The highest BCUT2D eigenvalue weighted by atomic mass is 33.1. The fourth-order valence-corrected chi connectivity index (χ4v) is 9.40. The van der Waals surface area contributed by atoms with Crippen molar-refractivity contribution in [1.82, 2.24) is 42.1 Å². The van der Waals surface area contributed by atoms with E-state index in [9.17, 15) is 73.4 Å². The highest BCUT2D eigenvalue weighted by Gasteiger charge is 2.41. The van der Waals surface area contributed by atoms with Crippen LogP contribution >= 0.6 is 21.6 Å². The Morgan fingerprint density at radius 3 is 2.12 bits per heavy atom. The summed E-state index contributed by atoms with van der Waals surface area (Å²) in [6.07, 6.45) is -2.69. The van der Waals surface area contributed by atoms with Gasteiger partial charge in [0.2, 0.25) is 53.2 Å². The number of carboxylic acids is 1. The predicted molar refractivity (Wildman–Crippen MR) is 245 cm³/mol. The molecular formula is C41H53N11O15S2. The second-order valence-corrected chi connectivity index (χ2v) is 18.4. The summed E-state index contributed by atoms with van der Waals surface area (Å²) in [6.45, 7) is -1.93. The Morgan fingerprint density at radius 1 is 0.797 bits per heavy atom. The molecule has 0 bridgehead atoms. The van der Waals surface area contributed by atoms with Crippen molar-refractivity contribution in [3.05, 3.63) is 69.8 Å². The minimum Gasteiger partial charge on any atom is -0.502 e. The van der Waals surface area contributed by atoms with E-state index in [4.69, 9.17) is 11.5 Å². The minimum atomic E-state index is -1.74. The maximum atomic E-state index is 13.8. The topological polar surface area (TPSA) is 414 Å². The number of benzene rings is 2. The van der Waals surface area contributed by atoms with Crippen LogP contribution in [0.4, 0.5) is 5.69 Å². The third kappa shape index (κ3) is 17.5. The number of carbonyl (C=O) groups is 10. The number of carboxylic acid groups (broad SMARTS) is 1. The number of aliphatic hydroxyl groups excluding tert-OH is 1. The number of primary amides is 2. The van der Waals surface area contributed by atoms with Crippen molar-refractivity contribution in [1.29, 1.82) is 0 Å². The lowest BCUT2D eigenvalue weighted by molar-refractivity contribution is -0.385. The van der Waals surface area contributed by atoms with E-state index in [1.54, 1.807) is 0 Å². The summed E-state index contributed by atoms with van der Waals surface area (Å²) in [7, 11) is 2.01. The molecule has 2 aromatic carbocycles. The second-order valence-electron chi connectivity index (χ2n) is 15.8. The van der Waals surface area contributed by atoms with Gasteiger partial charge in [-0.15, -0.1) is 0 Å². The number of nitrogens with one attached hydrogen (secondary N) is 7. The van der Waals surface area contributed by atoms with E-state index in [0.717, 1.165) is 44.2 Å². The Balaban J connectivity index is 1.65. The van der Waals surface area contributed by atoms with E-state index in [1.807, 2.05) is 30.3 Å². The van der Waals surface area contributed by atoms with E-state index in [0.29, 0.717) is 12.8 Å². The van der Waals surface area contributed by atoms with Gasteiger partial charge >= 0.3 is 11.7 Å². The van der Waals surface area contributed by atoms with Crippen LogP contribution < -0.4 is 48.7 Å². The van der Waals surface area contributed by atoms with Crippen LogP contribution in [-0.4, -0.2) is 164 Å². The van der Waals surface area contributed by atoms with E-state index in [2.05, 4.69) is 37.2 Å². The SMILES string of the molecule is NC(=O)C[C@@H]1NC(=O)[C@@H]2C[C@@H](O)CN2C(=O)CNC(=O)[C@H](Cc2ccc(O)c([N+](=O)[O-])c2)NC(=O)CNC(=O)[C@@H](CC(=O)O)NC(=O)[C@H](NCCCc2ccccc2)CSSC[C@H](C(N)=O)NC1=O. The van der Waals surface area contributed by atoms with Crippen molar-refractivity contribution < 1.29 is 68.2 Å². The zero-order valence-corrected chi connectivity index (χ0v) is 38.4. The third-order valence-corrected chi connectivity index (χ3v) is 12.9. The molecule has 0 aromatic heterocycles. The summed E-state index contributed by atoms with van der Waals surface area (Å²) >= 11 is 0. The van der Waals surface area contributed by atoms with Gasteiger partial charge in [-0.2, -0.15) is 0 Å². The largest absolute Gasteiger partial charge is 0.502 e. The summed E-state index contributed by atoms with van der Waals surface area (Å²) < 4.78 is 0. The van der Waals surface area contributed by atoms with Gasteiger partial charge in [0.25, 0.3) is 0 Å². The number of hydrogen-bond acceptors (Lipinski definition) is 17. The fourth-order valence-electron chi connectivity index (χ4n) is 7.02. The van der Waals surface area contributed by atoms with Crippen molar-refractivity contribution >= 4 is 86.4 Å². The molecule has 2 saturated heterocycles. The zero-order valence-electron chi connectivity index (χ0n) is 36.8. The molecule has 69 heavy (non-hydrogen) atoms. The van der Waals surface area contributed by atoms with E-state index < -0.39 is 157 Å². The number of carbonyl (C=O) groups excluding carboxylic acids is 9. The lowest BCUT2D eigenvalue weighted by atomic mass is 10.0. The van der Waals surface area contributed by atoms with Crippen molar-refractivity contribution in [2.24, 2.45) is 11.5 Å². The molecule has 0 spiro atoms. The molecule has 2 aromatic rings. The maximum Gasteiger partial charge on any atom is 0.310 e. The number of nitro benzene ring substituents is 1. The molecule has 14 N–H and O–H groups in total. The van der Waals surface area contributed by atoms with Crippen LogP contribution in [0.1, 0.15) is 36.8 Å².